The molecule has 2 aliphatic rings. The van der Waals surface area contributed by atoms with Crippen molar-refractivity contribution < 1.29 is 18.3 Å². The van der Waals surface area contributed by atoms with Crippen LogP contribution < -0.4 is 10.2 Å². The summed E-state index contributed by atoms with van der Waals surface area (Å²) in [6.45, 7) is 5.39. The Bertz CT molecular complexity index is 1190. The van der Waals surface area contributed by atoms with Gasteiger partial charge in [0.05, 0.1) is 6.54 Å². The van der Waals surface area contributed by atoms with Crippen LogP contribution in [0.3, 0.4) is 0 Å². The first-order valence-electron chi connectivity index (χ1n) is 12.1. The molecule has 8 nitrogen and oxygen atoms in total. The summed E-state index contributed by atoms with van der Waals surface area (Å²) in [5, 5.41) is 7.43. The first-order valence-corrected chi connectivity index (χ1v) is 12.1. The SMILES string of the molecule is CC(=O)N1CCN(c2ccc(C[B]C3CNC(Cn4cncn4)(c4ccc(F)cc4F)O3)cc2)CC1. The fourth-order valence-electron chi connectivity index (χ4n) is 4.83. The normalized spacial score (nSPS) is 22.1. The zero-order valence-corrected chi connectivity index (χ0v) is 20.1. The summed E-state index contributed by atoms with van der Waals surface area (Å²) in [4.78, 5) is 19.7. The predicted octanol–water partition coefficient (Wildman–Crippen LogP) is 1.93. The van der Waals surface area contributed by atoms with E-state index < -0.39 is 17.4 Å². The second-order valence-corrected chi connectivity index (χ2v) is 9.18. The molecule has 2 unspecified atom stereocenters. The van der Waals surface area contributed by atoms with Crippen molar-refractivity contribution >= 4 is 18.9 Å². The fraction of sp³-hybridized carbons (Fsp3) is 0.400. The number of aromatic nitrogens is 3. The Balaban J connectivity index is 1.22. The van der Waals surface area contributed by atoms with Crippen LogP contribution in [0.4, 0.5) is 14.5 Å². The van der Waals surface area contributed by atoms with Gasteiger partial charge in [-0.25, -0.2) is 18.4 Å². The molecule has 0 spiro atoms. The number of carbonyl (C=O) groups is 1. The van der Waals surface area contributed by atoms with Gasteiger partial charge >= 0.3 is 0 Å². The van der Waals surface area contributed by atoms with E-state index in [1.165, 1.54) is 24.8 Å². The molecule has 2 fully saturated rings. The van der Waals surface area contributed by atoms with E-state index in [0.717, 1.165) is 43.5 Å². The van der Waals surface area contributed by atoms with Crippen LogP contribution in [0.25, 0.3) is 0 Å². The number of ether oxygens (including phenoxy) is 1. The van der Waals surface area contributed by atoms with Crippen LogP contribution in [0.15, 0.2) is 55.1 Å². The summed E-state index contributed by atoms with van der Waals surface area (Å²) in [5.74, 6) is -1.20. The summed E-state index contributed by atoms with van der Waals surface area (Å²) < 4.78 is 36.2. The summed E-state index contributed by atoms with van der Waals surface area (Å²) in [5.41, 5.74) is 1.30. The highest BCUT2D eigenvalue weighted by Gasteiger charge is 2.43. The molecule has 0 aliphatic carbocycles. The molecule has 1 amide bonds. The molecule has 1 N–H and O–H groups in total. The average molecular weight is 493 g/mol. The second kappa shape index (κ2) is 10.4. The monoisotopic (exact) mass is 493 g/mol. The Kier molecular flexibility index (Phi) is 7.02. The van der Waals surface area contributed by atoms with Gasteiger partial charge in [0.2, 0.25) is 5.91 Å². The smallest absolute Gasteiger partial charge is 0.219 e. The zero-order valence-electron chi connectivity index (χ0n) is 20.1. The standard InChI is InChI=1S/C25H28BF2N6O2/c1-18(35)32-8-10-33(11-9-32)21-5-2-19(3-6-21)13-26-24-14-30-25(36-24,15-34-17-29-16-31-34)22-7-4-20(27)12-23(22)28/h2-7,12,16-17,24,30H,8-11,13-15H2,1H3. The van der Waals surface area contributed by atoms with Gasteiger partial charge in [-0.05, 0) is 24.3 Å². The number of hydrogen-bond acceptors (Lipinski definition) is 6. The number of anilines is 1. The van der Waals surface area contributed by atoms with Crippen LogP contribution >= 0.6 is 0 Å². The van der Waals surface area contributed by atoms with Crippen LogP contribution in [0.1, 0.15) is 18.1 Å². The highest BCUT2D eigenvalue weighted by molar-refractivity contribution is 6.37. The number of nitrogens with zero attached hydrogens (tertiary/aromatic N) is 5. The maximum Gasteiger partial charge on any atom is 0.219 e. The molecule has 2 aliphatic heterocycles. The number of halogens is 2. The first kappa shape index (κ1) is 24.4. The van der Waals surface area contributed by atoms with E-state index in [4.69, 9.17) is 4.74 Å². The molecular formula is C25H28BF2N6O2. The van der Waals surface area contributed by atoms with Crippen LogP contribution in [-0.2, 0) is 28.1 Å². The Morgan fingerprint density at radius 1 is 1.17 bits per heavy atom. The van der Waals surface area contributed by atoms with E-state index in [0.29, 0.717) is 12.9 Å². The molecule has 187 valence electrons. The number of rotatable bonds is 7. The third kappa shape index (κ3) is 5.27. The molecule has 0 bridgehead atoms. The van der Waals surface area contributed by atoms with Crippen molar-refractivity contribution in [1.82, 2.24) is 25.0 Å². The van der Waals surface area contributed by atoms with Crippen molar-refractivity contribution in [3.05, 3.63) is 77.9 Å². The van der Waals surface area contributed by atoms with E-state index in [2.05, 4.69) is 51.8 Å². The lowest BCUT2D eigenvalue weighted by Gasteiger charge is -2.35. The summed E-state index contributed by atoms with van der Waals surface area (Å²) in [7, 11) is 2.05. The van der Waals surface area contributed by atoms with E-state index in [1.807, 2.05) is 4.90 Å². The molecule has 0 saturated carbocycles. The van der Waals surface area contributed by atoms with E-state index in [9.17, 15) is 13.6 Å². The third-order valence-corrected chi connectivity index (χ3v) is 6.80. The molecule has 1 radical (unpaired) electrons. The van der Waals surface area contributed by atoms with Crippen LogP contribution in [0.2, 0.25) is 0 Å². The molecular weight excluding hydrogens is 465 g/mol. The summed E-state index contributed by atoms with van der Waals surface area (Å²) in [6, 6.07) is 11.6. The third-order valence-electron chi connectivity index (χ3n) is 6.80. The zero-order chi connectivity index (χ0) is 25.1. The molecule has 36 heavy (non-hydrogen) atoms. The quantitative estimate of drug-likeness (QED) is 0.508. The van der Waals surface area contributed by atoms with Crippen LogP contribution in [0.5, 0.6) is 0 Å². The van der Waals surface area contributed by atoms with Gasteiger partial charge in [0.25, 0.3) is 0 Å². The number of carbonyl (C=O) groups excluding carboxylic acids is 1. The molecule has 2 atom stereocenters. The van der Waals surface area contributed by atoms with Crippen molar-refractivity contribution in [1.29, 1.82) is 0 Å². The Labute approximate surface area is 209 Å². The second-order valence-electron chi connectivity index (χ2n) is 9.18. The number of piperazine rings is 1. The minimum absolute atomic E-state index is 0.122. The van der Waals surface area contributed by atoms with Gasteiger partial charge in [-0.2, -0.15) is 5.10 Å². The van der Waals surface area contributed by atoms with Crippen molar-refractivity contribution in [3.8, 4) is 0 Å². The minimum Gasteiger partial charge on any atom is -0.368 e. The largest absolute Gasteiger partial charge is 0.368 e. The molecule has 3 aromatic rings. The minimum atomic E-state index is -1.20. The molecule has 11 heteroatoms. The summed E-state index contributed by atoms with van der Waals surface area (Å²) >= 11 is 0. The number of hydrogen-bond donors (Lipinski definition) is 1. The Morgan fingerprint density at radius 2 is 1.94 bits per heavy atom. The fourth-order valence-corrected chi connectivity index (χ4v) is 4.83. The van der Waals surface area contributed by atoms with E-state index in [-0.39, 0.29) is 24.0 Å². The van der Waals surface area contributed by atoms with Gasteiger partial charge in [-0.3, -0.25) is 10.1 Å². The lowest BCUT2D eigenvalue weighted by molar-refractivity contribution is -0.129. The van der Waals surface area contributed by atoms with Gasteiger partial charge in [0.15, 0.2) is 13.0 Å². The lowest BCUT2D eigenvalue weighted by Crippen LogP contribution is -2.48. The maximum absolute atomic E-state index is 14.8. The number of nitrogens with one attached hydrogen (secondary N) is 1. The van der Waals surface area contributed by atoms with Crippen molar-refractivity contribution in [2.24, 2.45) is 0 Å². The molecule has 2 saturated heterocycles. The van der Waals surface area contributed by atoms with Crippen LogP contribution in [0, 0.1) is 11.6 Å². The Morgan fingerprint density at radius 3 is 2.61 bits per heavy atom. The number of amides is 1. The van der Waals surface area contributed by atoms with Gasteiger partial charge in [-0.15, -0.1) is 0 Å². The average Bonchev–Trinajstić information content (AvgIpc) is 3.54. The summed E-state index contributed by atoms with van der Waals surface area (Å²) in [6.07, 6.45) is 3.61. The molecule has 3 heterocycles. The molecule has 2 aromatic carbocycles. The van der Waals surface area contributed by atoms with Crippen LogP contribution in [-0.4, -0.2) is 71.6 Å². The topological polar surface area (TPSA) is 75.5 Å². The number of benzene rings is 2. The van der Waals surface area contributed by atoms with Gasteiger partial charge < -0.3 is 14.5 Å². The van der Waals surface area contributed by atoms with Crippen molar-refractivity contribution in [2.75, 3.05) is 37.6 Å². The first-order chi connectivity index (χ1) is 17.4. The highest BCUT2D eigenvalue weighted by Crippen LogP contribution is 2.33. The molecule has 5 rings (SSSR count). The van der Waals surface area contributed by atoms with Gasteiger partial charge in [0.1, 0.15) is 24.3 Å². The van der Waals surface area contributed by atoms with E-state index >= 15 is 0 Å². The van der Waals surface area contributed by atoms with Gasteiger partial charge in [-0.1, -0.05) is 24.0 Å². The van der Waals surface area contributed by atoms with E-state index in [1.54, 1.807) is 11.6 Å². The highest BCUT2D eigenvalue weighted by atomic mass is 19.1. The van der Waals surface area contributed by atoms with Crippen molar-refractivity contribution in [2.45, 2.75) is 31.5 Å². The molecule has 1 aromatic heterocycles. The predicted molar refractivity (Wildman–Crippen MR) is 131 cm³/mol. The maximum atomic E-state index is 14.8. The Hall–Kier alpha value is -3.31. The lowest BCUT2D eigenvalue weighted by atomic mass is 9.66. The van der Waals surface area contributed by atoms with Crippen molar-refractivity contribution in [3.63, 3.8) is 0 Å². The van der Waals surface area contributed by atoms with Gasteiger partial charge in [0, 0.05) is 63.0 Å².